The van der Waals surface area contributed by atoms with E-state index in [0.717, 1.165) is 22.4 Å². The topological polar surface area (TPSA) is 163 Å². The SMILES string of the molecule is Cc1c(C)c(-c2ccc(OCCCn3cc(CNC(=O)Cc4cc(=O)oc5cc(N(C)C)ccc45)nn3)cc2)c(O)c(O)c1-c1ccc(O)cc1. The first-order chi connectivity index (χ1) is 24.5. The van der Waals surface area contributed by atoms with Crippen LogP contribution in [-0.4, -0.2) is 56.9 Å². The van der Waals surface area contributed by atoms with E-state index in [1.165, 1.54) is 6.07 Å². The first-order valence-electron chi connectivity index (χ1n) is 16.5. The Morgan fingerprint density at radius 2 is 1.55 bits per heavy atom. The zero-order chi connectivity index (χ0) is 36.2. The monoisotopic (exact) mass is 689 g/mol. The van der Waals surface area contributed by atoms with Crippen LogP contribution in [0.1, 0.15) is 28.8 Å². The molecule has 1 amide bonds. The quantitative estimate of drug-likeness (QED) is 0.0697. The Hall–Kier alpha value is -6.30. The third kappa shape index (κ3) is 7.64. The Balaban J connectivity index is 0.996. The Kier molecular flexibility index (Phi) is 9.94. The van der Waals surface area contributed by atoms with Crippen LogP contribution in [0.5, 0.6) is 23.0 Å². The Bertz CT molecular complexity index is 2230. The van der Waals surface area contributed by atoms with Gasteiger partial charge in [-0.2, -0.15) is 0 Å². The number of aromatic hydroxyl groups is 3. The molecule has 0 aliphatic rings. The fourth-order valence-electron chi connectivity index (χ4n) is 6.03. The van der Waals surface area contributed by atoms with Crippen LogP contribution < -0.4 is 20.6 Å². The largest absolute Gasteiger partial charge is 0.508 e. The van der Waals surface area contributed by atoms with Gasteiger partial charge < -0.3 is 34.7 Å². The predicted octanol–water partition coefficient (Wildman–Crippen LogP) is 5.85. The molecule has 0 atom stereocenters. The third-order valence-corrected chi connectivity index (χ3v) is 8.84. The summed E-state index contributed by atoms with van der Waals surface area (Å²) >= 11 is 0. The summed E-state index contributed by atoms with van der Waals surface area (Å²) in [5.41, 5.74) is 6.12. The van der Waals surface area contributed by atoms with E-state index < -0.39 is 5.63 Å². The maximum atomic E-state index is 12.8. The van der Waals surface area contributed by atoms with Gasteiger partial charge in [-0.25, -0.2) is 4.79 Å². The van der Waals surface area contributed by atoms with Gasteiger partial charge in [-0.3, -0.25) is 9.48 Å². The van der Waals surface area contributed by atoms with E-state index in [9.17, 15) is 24.9 Å². The lowest BCUT2D eigenvalue weighted by atomic mass is 9.89. The number of ether oxygens (including phenoxy) is 1. The van der Waals surface area contributed by atoms with Crippen LogP contribution in [0.25, 0.3) is 33.2 Å². The van der Waals surface area contributed by atoms with Gasteiger partial charge in [-0.1, -0.05) is 29.5 Å². The summed E-state index contributed by atoms with van der Waals surface area (Å²) in [5.74, 6) is 0.0965. The zero-order valence-corrected chi connectivity index (χ0v) is 28.8. The molecule has 12 heteroatoms. The van der Waals surface area contributed by atoms with Gasteiger partial charge in [0.25, 0.3) is 0 Å². The van der Waals surface area contributed by atoms with E-state index in [4.69, 9.17) is 9.15 Å². The summed E-state index contributed by atoms with van der Waals surface area (Å²) < 4.78 is 13.0. The van der Waals surface area contributed by atoms with Crippen molar-refractivity contribution < 1.29 is 29.3 Å². The molecule has 4 N–H and O–H groups in total. The van der Waals surface area contributed by atoms with Crippen molar-refractivity contribution in [1.29, 1.82) is 0 Å². The van der Waals surface area contributed by atoms with E-state index in [2.05, 4.69) is 15.6 Å². The molecule has 6 aromatic rings. The number of nitrogens with zero attached hydrogens (tertiary/aromatic N) is 4. The molecular weight excluding hydrogens is 650 g/mol. The fourth-order valence-corrected chi connectivity index (χ4v) is 6.03. The van der Waals surface area contributed by atoms with Gasteiger partial charge in [0.1, 0.15) is 22.8 Å². The molecule has 262 valence electrons. The molecule has 0 spiro atoms. The number of phenolic OH excluding ortho intramolecular Hbond substituents is 3. The van der Waals surface area contributed by atoms with Crippen LogP contribution in [0.2, 0.25) is 0 Å². The molecule has 4 aromatic carbocycles. The predicted molar refractivity (Wildman–Crippen MR) is 194 cm³/mol. The zero-order valence-electron chi connectivity index (χ0n) is 28.8. The molecule has 0 unspecified atom stereocenters. The van der Waals surface area contributed by atoms with Crippen molar-refractivity contribution in [3.8, 4) is 45.3 Å². The minimum atomic E-state index is -0.508. The fraction of sp³-hybridized carbons (Fsp3) is 0.231. The number of amides is 1. The Labute approximate surface area is 294 Å². The van der Waals surface area contributed by atoms with Crippen molar-refractivity contribution in [3.63, 3.8) is 0 Å². The number of carbonyl (C=O) groups excluding carboxylic acids is 1. The number of anilines is 1. The summed E-state index contributed by atoms with van der Waals surface area (Å²) in [6.45, 7) is 4.96. The number of fused-ring (bicyclic) bond motifs is 1. The van der Waals surface area contributed by atoms with Gasteiger partial charge in [0.05, 0.1) is 25.8 Å². The van der Waals surface area contributed by atoms with E-state index >= 15 is 0 Å². The number of aromatic nitrogens is 3. The van der Waals surface area contributed by atoms with E-state index in [1.54, 1.807) is 41.2 Å². The average Bonchev–Trinajstić information content (AvgIpc) is 3.57. The maximum Gasteiger partial charge on any atom is 0.336 e. The number of rotatable bonds is 12. The van der Waals surface area contributed by atoms with Gasteiger partial charge in [-0.15, -0.1) is 5.10 Å². The minimum Gasteiger partial charge on any atom is -0.508 e. The highest BCUT2D eigenvalue weighted by atomic mass is 16.5. The number of hydrogen-bond acceptors (Lipinski definition) is 10. The Morgan fingerprint density at radius 3 is 2.20 bits per heavy atom. The van der Waals surface area contributed by atoms with Gasteiger partial charge in [0, 0.05) is 61.4 Å². The normalized spacial score (nSPS) is 11.1. The lowest BCUT2D eigenvalue weighted by molar-refractivity contribution is -0.120. The molecule has 12 nitrogen and oxygen atoms in total. The van der Waals surface area contributed by atoms with Gasteiger partial charge in [0.15, 0.2) is 11.5 Å². The molecule has 0 aliphatic heterocycles. The summed E-state index contributed by atoms with van der Waals surface area (Å²) in [7, 11) is 3.79. The number of aryl methyl sites for hydroxylation is 1. The summed E-state index contributed by atoms with van der Waals surface area (Å²) in [6.07, 6.45) is 2.44. The maximum absolute atomic E-state index is 12.8. The van der Waals surface area contributed by atoms with Crippen molar-refractivity contribution in [2.24, 2.45) is 0 Å². The lowest BCUT2D eigenvalue weighted by Crippen LogP contribution is -2.25. The molecule has 0 saturated carbocycles. The number of benzene rings is 4. The molecule has 0 fully saturated rings. The second kappa shape index (κ2) is 14.7. The third-order valence-electron chi connectivity index (χ3n) is 8.84. The van der Waals surface area contributed by atoms with E-state index in [0.29, 0.717) is 64.2 Å². The molecule has 0 radical (unpaired) electrons. The summed E-state index contributed by atoms with van der Waals surface area (Å²) in [4.78, 5) is 26.8. The first-order valence-corrected chi connectivity index (χ1v) is 16.5. The van der Waals surface area contributed by atoms with Crippen LogP contribution >= 0.6 is 0 Å². The van der Waals surface area contributed by atoms with Crippen molar-refractivity contribution in [1.82, 2.24) is 20.3 Å². The molecule has 0 bridgehead atoms. The summed E-state index contributed by atoms with van der Waals surface area (Å²) in [5, 5.41) is 43.5. The second-order valence-electron chi connectivity index (χ2n) is 12.6. The highest BCUT2D eigenvalue weighted by Gasteiger charge is 2.21. The smallest absolute Gasteiger partial charge is 0.336 e. The van der Waals surface area contributed by atoms with Crippen molar-refractivity contribution in [2.45, 2.75) is 39.8 Å². The van der Waals surface area contributed by atoms with Gasteiger partial charge in [0.2, 0.25) is 5.91 Å². The molecule has 51 heavy (non-hydrogen) atoms. The van der Waals surface area contributed by atoms with Crippen LogP contribution in [0.4, 0.5) is 5.69 Å². The van der Waals surface area contributed by atoms with Crippen molar-refractivity contribution >= 4 is 22.6 Å². The van der Waals surface area contributed by atoms with Gasteiger partial charge >= 0.3 is 5.63 Å². The molecule has 2 heterocycles. The number of nitrogens with one attached hydrogen (secondary N) is 1. The molecule has 0 aliphatic carbocycles. The molecular formula is C39H39N5O7. The Morgan fingerprint density at radius 1 is 0.902 bits per heavy atom. The molecule has 2 aromatic heterocycles. The number of hydrogen-bond donors (Lipinski definition) is 4. The van der Waals surface area contributed by atoms with Crippen LogP contribution in [0.15, 0.2) is 88.2 Å². The van der Waals surface area contributed by atoms with E-state index in [-0.39, 0.29) is 36.1 Å². The van der Waals surface area contributed by atoms with Gasteiger partial charge in [-0.05, 0) is 78.1 Å². The highest BCUT2D eigenvalue weighted by Crippen LogP contribution is 2.48. The van der Waals surface area contributed by atoms with E-state index in [1.807, 2.05) is 69.2 Å². The average molecular weight is 690 g/mol. The summed E-state index contributed by atoms with van der Waals surface area (Å²) in [6, 6.07) is 20.7. The van der Waals surface area contributed by atoms with Crippen molar-refractivity contribution in [3.05, 3.63) is 112 Å². The standard InChI is InChI=1S/C39H39N5O7/c1-23-24(2)37(39(49)38(48)36(23)25-6-11-30(45)12-7-25)26-8-13-31(14-9-26)50-17-5-16-44-22-28(41-42-44)21-40-34(46)18-27-19-35(47)51-33-20-29(43(3)4)10-15-32(27)33/h6-15,19-20,22,45,48-49H,5,16-18,21H2,1-4H3,(H,40,46). The van der Waals surface area contributed by atoms with Crippen molar-refractivity contribution in [2.75, 3.05) is 25.6 Å². The molecule has 6 rings (SSSR count). The highest BCUT2D eigenvalue weighted by molar-refractivity contribution is 5.89. The number of phenols is 3. The van der Waals surface area contributed by atoms with Crippen LogP contribution in [0.3, 0.4) is 0 Å². The minimum absolute atomic E-state index is 0.0199. The lowest BCUT2D eigenvalue weighted by Gasteiger charge is -2.19. The first kappa shape index (κ1) is 34.6. The number of carbonyl (C=O) groups is 1. The molecule has 0 saturated heterocycles. The van der Waals surface area contributed by atoms with Crippen LogP contribution in [0, 0.1) is 13.8 Å². The van der Waals surface area contributed by atoms with Crippen LogP contribution in [-0.2, 0) is 24.3 Å². The second-order valence-corrected chi connectivity index (χ2v) is 12.6.